The minimum absolute atomic E-state index is 0.0543. The maximum Gasteiger partial charge on any atom is 0.224 e. The van der Waals surface area contributed by atoms with Crippen LogP contribution in [0.5, 0.6) is 5.75 Å². The number of anilines is 1. The van der Waals surface area contributed by atoms with E-state index in [1.807, 2.05) is 26.0 Å². The van der Waals surface area contributed by atoms with E-state index in [-0.39, 0.29) is 36.3 Å². The van der Waals surface area contributed by atoms with Gasteiger partial charge in [-0.2, -0.15) is 0 Å². The summed E-state index contributed by atoms with van der Waals surface area (Å²) in [7, 11) is 0. The number of benzene rings is 2. The lowest BCUT2D eigenvalue weighted by atomic mass is 9.81. The van der Waals surface area contributed by atoms with Crippen LogP contribution < -0.4 is 10.1 Å². The number of piperidine rings is 1. The van der Waals surface area contributed by atoms with Crippen LogP contribution in [-0.4, -0.2) is 41.2 Å². The smallest absolute Gasteiger partial charge is 0.224 e. The Balaban J connectivity index is 1.30. The molecule has 0 aromatic heterocycles. The predicted molar refractivity (Wildman–Crippen MR) is 118 cm³/mol. The number of likely N-dealkylation sites (tertiary alicyclic amines) is 1. The molecule has 1 fully saturated rings. The Labute approximate surface area is 186 Å². The number of Topliss-reactive ketones (excluding diaryl/α,β-unsaturated/α-hetero) is 1. The van der Waals surface area contributed by atoms with Crippen molar-refractivity contribution >= 4 is 23.3 Å². The number of halogens is 1. The predicted octanol–water partition coefficient (Wildman–Crippen LogP) is 4.19. The second-order valence-corrected chi connectivity index (χ2v) is 8.78. The van der Waals surface area contributed by atoms with E-state index in [0.717, 1.165) is 11.1 Å². The molecular weight excluding hydrogens is 411 g/mol. The van der Waals surface area contributed by atoms with Crippen molar-refractivity contribution in [1.82, 2.24) is 4.90 Å². The Hall–Kier alpha value is -3.22. The molecular formula is C25H27FN2O4. The highest BCUT2D eigenvalue weighted by Crippen LogP contribution is 2.41. The Kier molecular flexibility index (Phi) is 6.00. The molecule has 1 saturated heterocycles. The molecule has 1 N–H and O–H groups in total. The molecule has 1 spiro atoms. The third kappa shape index (κ3) is 4.66. The summed E-state index contributed by atoms with van der Waals surface area (Å²) >= 11 is 0. The number of ether oxygens (including phenoxy) is 1. The Morgan fingerprint density at radius 3 is 2.47 bits per heavy atom. The monoisotopic (exact) mass is 438 g/mol. The molecule has 168 valence electrons. The highest BCUT2D eigenvalue weighted by molar-refractivity contribution is 6.02. The zero-order chi connectivity index (χ0) is 22.9. The van der Waals surface area contributed by atoms with Gasteiger partial charge in [-0.25, -0.2) is 4.39 Å². The molecule has 6 nitrogen and oxygen atoms in total. The molecule has 0 saturated carbocycles. The standard InChI is InChI=1S/C25H27FN2O4/c1-16-13-17(2)24-20(29)15-25(32-21(24)14-16)9-11-28(12-10-25)23(31)8-7-22(30)27-19-5-3-18(26)4-6-19/h3-6,13-14H,7-12,15H2,1-2H3,(H,27,30). The lowest BCUT2D eigenvalue weighted by molar-refractivity contribution is -0.136. The molecule has 32 heavy (non-hydrogen) atoms. The highest BCUT2D eigenvalue weighted by atomic mass is 19.1. The van der Waals surface area contributed by atoms with Crippen molar-refractivity contribution in [3.63, 3.8) is 0 Å². The first-order valence-electron chi connectivity index (χ1n) is 10.9. The first kappa shape index (κ1) is 22.0. The molecule has 0 atom stereocenters. The number of nitrogens with one attached hydrogen (secondary N) is 1. The van der Waals surface area contributed by atoms with Gasteiger partial charge in [0.25, 0.3) is 0 Å². The second-order valence-electron chi connectivity index (χ2n) is 8.78. The molecule has 2 aromatic carbocycles. The van der Waals surface area contributed by atoms with Crippen LogP contribution in [0.2, 0.25) is 0 Å². The maximum absolute atomic E-state index is 13.0. The van der Waals surface area contributed by atoms with Crippen molar-refractivity contribution in [1.29, 1.82) is 0 Å². The highest BCUT2D eigenvalue weighted by Gasteiger charge is 2.44. The lowest BCUT2D eigenvalue weighted by Gasteiger charge is -2.44. The fourth-order valence-corrected chi connectivity index (χ4v) is 4.59. The summed E-state index contributed by atoms with van der Waals surface area (Å²) in [4.78, 5) is 39.3. The van der Waals surface area contributed by atoms with Crippen molar-refractivity contribution in [2.24, 2.45) is 0 Å². The number of aryl methyl sites for hydroxylation is 2. The molecule has 0 aliphatic carbocycles. The van der Waals surface area contributed by atoms with Crippen LogP contribution in [0, 0.1) is 19.7 Å². The van der Waals surface area contributed by atoms with Gasteiger partial charge in [0.15, 0.2) is 5.78 Å². The van der Waals surface area contributed by atoms with Crippen molar-refractivity contribution in [3.8, 4) is 5.75 Å². The van der Waals surface area contributed by atoms with Gasteiger partial charge in [0, 0.05) is 44.5 Å². The number of carbonyl (C=O) groups is 3. The fraction of sp³-hybridized carbons (Fsp3) is 0.400. The number of nitrogens with zero attached hydrogens (tertiary/aromatic N) is 1. The molecule has 2 heterocycles. The zero-order valence-electron chi connectivity index (χ0n) is 18.4. The number of amides is 2. The average molecular weight is 438 g/mol. The summed E-state index contributed by atoms with van der Waals surface area (Å²) < 4.78 is 19.3. The third-order valence-corrected chi connectivity index (χ3v) is 6.25. The van der Waals surface area contributed by atoms with E-state index in [9.17, 15) is 18.8 Å². The Morgan fingerprint density at radius 2 is 1.78 bits per heavy atom. The van der Waals surface area contributed by atoms with Crippen molar-refractivity contribution < 1.29 is 23.5 Å². The molecule has 0 unspecified atom stereocenters. The molecule has 0 bridgehead atoms. The van der Waals surface area contributed by atoms with Gasteiger partial charge in [-0.15, -0.1) is 0 Å². The summed E-state index contributed by atoms with van der Waals surface area (Å²) in [6, 6.07) is 9.40. The average Bonchev–Trinajstić information content (AvgIpc) is 2.73. The summed E-state index contributed by atoms with van der Waals surface area (Å²) in [6.07, 6.45) is 1.64. The summed E-state index contributed by atoms with van der Waals surface area (Å²) in [5, 5.41) is 2.66. The fourth-order valence-electron chi connectivity index (χ4n) is 4.59. The summed E-state index contributed by atoms with van der Waals surface area (Å²) in [5.74, 6) is -0.0132. The maximum atomic E-state index is 13.0. The molecule has 7 heteroatoms. The SMILES string of the molecule is Cc1cc(C)c2c(c1)OC1(CCN(C(=O)CCC(=O)Nc3ccc(F)cc3)CC1)CC2=O. The summed E-state index contributed by atoms with van der Waals surface area (Å²) in [5.41, 5.74) is 2.59. The first-order chi connectivity index (χ1) is 15.2. The van der Waals surface area contributed by atoms with E-state index >= 15 is 0 Å². The molecule has 2 aliphatic rings. The quantitative estimate of drug-likeness (QED) is 0.777. The topological polar surface area (TPSA) is 75.7 Å². The summed E-state index contributed by atoms with van der Waals surface area (Å²) in [6.45, 7) is 4.89. The molecule has 0 radical (unpaired) electrons. The number of rotatable bonds is 4. The van der Waals surface area contributed by atoms with Gasteiger partial charge in [0.05, 0.1) is 12.0 Å². The number of hydrogen-bond acceptors (Lipinski definition) is 4. The molecule has 2 aliphatic heterocycles. The second kappa shape index (κ2) is 8.73. The van der Waals surface area contributed by atoms with Crippen LogP contribution in [0.1, 0.15) is 53.6 Å². The number of carbonyl (C=O) groups excluding carboxylic acids is 3. The number of ketones is 1. The van der Waals surface area contributed by atoms with Crippen LogP contribution in [0.25, 0.3) is 0 Å². The van der Waals surface area contributed by atoms with E-state index in [2.05, 4.69) is 5.32 Å². The third-order valence-electron chi connectivity index (χ3n) is 6.25. The van der Waals surface area contributed by atoms with E-state index in [4.69, 9.17) is 4.74 Å². The van der Waals surface area contributed by atoms with Crippen LogP contribution in [0.4, 0.5) is 10.1 Å². The van der Waals surface area contributed by atoms with Crippen LogP contribution in [0.15, 0.2) is 36.4 Å². The molecule has 2 amide bonds. The van der Waals surface area contributed by atoms with Crippen LogP contribution >= 0.6 is 0 Å². The van der Waals surface area contributed by atoms with E-state index < -0.39 is 5.60 Å². The van der Waals surface area contributed by atoms with Crippen LogP contribution in [-0.2, 0) is 9.59 Å². The number of hydrogen-bond donors (Lipinski definition) is 1. The van der Waals surface area contributed by atoms with Crippen molar-refractivity contribution in [2.45, 2.75) is 51.6 Å². The zero-order valence-corrected chi connectivity index (χ0v) is 18.4. The van der Waals surface area contributed by atoms with Gasteiger partial charge in [-0.1, -0.05) is 6.07 Å². The molecule has 2 aromatic rings. The van der Waals surface area contributed by atoms with Gasteiger partial charge in [0.2, 0.25) is 11.8 Å². The largest absolute Gasteiger partial charge is 0.486 e. The normalized spacial score (nSPS) is 17.0. The van der Waals surface area contributed by atoms with Crippen LogP contribution in [0.3, 0.4) is 0 Å². The van der Waals surface area contributed by atoms with Gasteiger partial charge >= 0.3 is 0 Å². The minimum Gasteiger partial charge on any atom is -0.486 e. The molecule has 4 rings (SSSR count). The Morgan fingerprint density at radius 1 is 1.09 bits per heavy atom. The van der Waals surface area contributed by atoms with E-state index in [1.165, 1.54) is 24.3 Å². The first-order valence-corrected chi connectivity index (χ1v) is 10.9. The minimum atomic E-state index is -0.568. The van der Waals surface area contributed by atoms with Gasteiger partial charge in [0.1, 0.15) is 17.2 Å². The van der Waals surface area contributed by atoms with Crippen molar-refractivity contribution in [2.75, 3.05) is 18.4 Å². The lowest BCUT2D eigenvalue weighted by Crippen LogP contribution is -2.52. The van der Waals surface area contributed by atoms with Gasteiger partial charge in [-0.3, -0.25) is 14.4 Å². The van der Waals surface area contributed by atoms with Gasteiger partial charge in [-0.05, 0) is 55.3 Å². The van der Waals surface area contributed by atoms with E-state index in [1.54, 1.807) is 4.90 Å². The van der Waals surface area contributed by atoms with E-state index in [0.29, 0.717) is 49.4 Å². The van der Waals surface area contributed by atoms with Gasteiger partial charge < -0.3 is 15.0 Å². The Bertz CT molecular complexity index is 1060. The van der Waals surface area contributed by atoms with Crippen molar-refractivity contribution in [3.05, 3.63) is 58.9 Å². The number of fused-ring (bicyclic) bond motifs is 1.